The Labute approximate surface area is 120 Å². The summed E-state index contributed by atoms with van der Waals surface area (Å²) in [5.41, 5.74) is -0.594. The number of carboxylic acids is 1. The van der Waals surface area contributed by atoms with Crippen molar-refractivity contribution in [1.29, 1.82) is 0 Å². The summed E-state index contributed by atoms with van der Waals surface area (Å²) in [6.07, 6.45) is 1.97. The van der Waals surface area contributed by atoms with Crippen molar-refractivity contribution in [2.24, 2.45) is 5.41 Å². The van der Waals surface area contributed by atoms with Crippen molar-refractivity contribution in [1.82, 2.24) is 10.6 Å². The molecule has 0 heterocycles. The van der Waals surface area contributed by atoms with Crippen molar-refractivity contribution in [2.75, 3.05) is 0 Å². The zero-order chi connectivity index (χ0) is 15.9. The van der Waals surface area contributed by atoms with Crippen LogP contribution in [-0.2, 0) is 14.4 Å². The molecule has 2 atom stereocenters. The Hall–Kier alpha value is -1.59. The van der Waals surface area contributed by atoms with Crippen molar-refractivity contribution in [3.8, 4) is 0 Å². The van der Waals surface area contributed by atoms with Gasteiger partial charge in [-0.05, 0) is 13.3 Å². The Morgan fingerprint density at radius 3 is 2.10 bits per heavy atom. The zero-order valence-electron chi connectivity index (χ0n) is 12.9. The molecule has 0 fully saturated rings. The van der Waals surface area contributed by atoms with Gasteiger partial charge in [0.05, 0.1) is 0 Å². The molecular formula is C14H26N2O4. The standard InChI is InChI=1S/C14H26N2O4/c1-6-7-8-10(12(18)19)16-11(17)9(2)15-13(20)14(3,4)5/h9-10H,6-8H2,1-5H3,(H,15,20)(H,16,17)(H,18,19)/t9-,10+/m1/s1. The molecule has 0 aliphatic heterocycles. The minimum absolute atomic E-state index is 0.249. The molecule has 0 bridgehead atoms. The lowest BCUT2D eigenvalue weighted by Gasteiger charge is -2.23. The quantitative estimate of drug-likeness (QED) is 0.657. The van der Waals surface area contributed by atoms with Crippen molar-refractivity contribution >= 4 is 17.8 Å². The molecule has 3 N–H and O–H groups in total. The van der Waals surface area contributed by atoms with Crippen LogP contribution in [0.15, 0.2) is 0 Å². The molecular weight excluding hydrogens is 260 g/mol. The Balaban J connectivity index is 4.50. The zero-order valence-corrected chi connectivity index (χ0v) is 12.9. The van der Waals surface area contributed by atoms with Crippen LogP contribution in [-0.4, -0.2) is 35.0 Å². The van der Waals surface area contributed by atoms with Gasteiger partial charge >= 0.3 is 5.97 Å². The van der Waals surface area contributed by atoms with E-state index in [1.54, 1.807) is 20.8 Å². The van der Waals surface area contributed by atoms with Crippen LogP contribution in [0.1, 0.15) is 53.9 Å². The highest BCUT2D eigenvalue weighted by Crippen LogP contribution is 2.12. The van der Waals surface area contributed by atoms with Gasteiger partial charge < -0.3 is 15.7 Å². The third kappa shape index (κ3) is 6.54. The molecule has 0 saturated heterocycles. The van der Waals surface area contributed by atoms with Gasteiger partial charge in [0.25, 0.3) is 0 Å². The van der Waals surface area contributed by atoms with Crippen molar-refractivity contribution in [2.45, 2.75) is 66.0 Å². The first-order chi connectivity index (χ1) is 9.09. The molecule has 0 aromatic carbocycles. The van der Waals surface area contributed by atoms with E-state index in [1.165, 1.54) is 6.92 Å². The van der Waals surface area contributed by atoms with E-state index >= 15 is 0 Å². The first-order valence-electron chi connectivity index (χ1n) is 6.93. The average molecular weight is 286 g/mol. The fraction of sp³-hybridized carbons (Fsp3) is 0.786. The van der Waals surface area contributed by atoms with E-state index in [1.807, 2.05) is 6.92 Å². The second-order valence-corrected chi connectivity index (χ2v) is 5.99. The largest absolute Gasteiger partial charge is 0.480 e. The summed E-state index contributed by atoms with van der Waals surface area (Å²) < 4.78 is 0. The predicted molar refractivity (Wildman–Crippen MR) is 76.2 cm³/mol. The van der Waals surface area contributed by atoms with Crippen LogP contribution in [0.4, 0.5) is 0 Å². The molecule has 6 nitrogen and oxygen atoms in total. The van der Waals surface area contributed by atoms with Gasteiger partial charge in [0.1, 0.15) is 12.1 Å². The molecule has 0 aromatic heterocycles. The summed E-state index contributed by atoms with van der Waals surface area (Å²) in [5, 5.41) is 14.1. The van der Waals surface area contributed by atoms with Gasteiger partial charge in [0, 0.05) is 5.41 Å². The Kier molecular flexibility index (Phi) is 7.24. The monoisotopic (exact) mass is 286 g/mol. The number of hydrogen-bond donors (Lipinski definition) is 3. The molecule has 0 spiro atoms. The molecule has 0 radical (unpaired) electrons. The number of unbranched alkanes of at least 4 members (excludes halogenated alkanes) is 1. The maximum atomic E-state index is 11.9. The highest BCUT2D eigenvalue weighted by atomic mass is 16.4. The summed E-state index contributed by atoms with van der Waals surface area (Å²) in [5.74, 6) is -1.78. The van der Waals surface area contributed by atoms with Gasteiger partial charge in [-0.3, -0.25) is 9.59 Å². The van der Waals surface area contributed by atoms with E-state index < -0.39 is 29.4 Å². The summed E-state index contributed by atoms with van der Waals surface area (Å²) in [6, 6.07) is -1.67. The van der Waals surface area contributed by atoms with E-state index in [2.05, 4.69) is 10.6 Å². The van der Waals surface area contributed by atoms with Gasteiger partial charge in [-0.25, -0.2) is 4.79 Å². The topological polar surface area (TPSA) is 95.5 Å². The van der Waals surface area contributed by atoms with Crippen LogP contribution >= 0.6 is 0 Å². The maximum absolute atomic E-state index is 11.9. The van der Waals surface area contributed by atoms with Crippen LogP contribution < -0.4 is 10.6 Å². The summed E-state index contributed by atoms with van der Waals surface area (Å²) in [6.45, 7) is 8.72. The molecule has 0 rings (SSSR count). The number of aliphatic carboxylic acids is 1. The average Bonchev–Trinajstić information content (AvgIpc) is 2.32. The van der Waals surface area contributed by atoms with Gasteiger partial charge in [0.15, 0.2) is 0 Å². The smallest absolute Gasteiger partial charge is 0.326 e. The fourth-order valence-corrected chi connectivity index (χ4v) is 1.44. The third-order valence-corrected chi connectivity index (χ3v) is 2.88. The van der Waals surface area contributed by atoms with E-state index in [0.29, 0.717) is 6.42 Å². The first-order valence-corrected chi connectivity index (χ1v) is 6.93. The van der Waals surface area contributed by atoms with Crippen LogP contribution in [0, 0.1) is 5.41 Å². The Morgan fingerprint density at radius 1 is 1.15 bits per heavy atom. The van der Waals surface area contributed by atoms with Crippen LogP contribution in [0.25, 0.3) is 0 Å². The second-order valence-electron chi connectivity index (χ2n) is 5.99. The fourth-order valence-electron chi connectivity index (χ4n) is 1.44. The molecule has 0 unspecified atom stereocenters. The molecule has 116 valence electrons. The molecule has 2 amide bonds. The lowest BCUT2D eigenvalue weighted by Crippen LogP contribution is -2.52. The van der Waals surface area contributed by atoms with Gasteiger partial charge in [-0.15, -0.1) is 0 Å². The molecule has 0 saturated carbocycles. The van der Waals surface area contributed by atoms with E-state index in [9.17, 15) is 14.4 Å². The van der Waals surface area contributed by atoms with Crippen molar-refractivity contribution in [3.05, 3.63) is 0 Å². The van der Waals surface area contributed by atoms with E-state index in [4.69, 9.17) is 5.11 Å². The highest BCUT2D eigenvalue weighted by Gasteiger charge is 2.27. The first kappa shape index (κ1) is 18.4. The van der Waals surface area contributed by atoms with Gasteiger partial charge in [-0.1, -0.05) is 40.5 Å². The number of rotatable bonds is 7. The minimum Gasteiger partial charge on any atom is -0.480 e. The van der Waals surface area contributed by atoms with Crippen LogP contribution in [0.5, 0.6) is 0 Å². The highest BCUT2D eigenvalue weighted by molar-refractivity contribution is 5.91. The molecule has 20 heavy (non-hydrogen) atoms. The maximum Gasteiger partial charge on any atom is 0.326 e. The van der Waals surface area contributed by atoms with Crippen LogP contribution in [0.2, 0.25) is 0 Å². The van der Waals surface area contributed by atoms with Gasteiger partial charge in [0.2, 0.25) is 11.8 Å². The molecule has 0 aromatic rings. The van der Waals surface area contributed by atoms with E-state index in [-0.39, 0.29) is 5.91 Å². The molecule has 0 aliphatic rings. The third-order valence-electron chi connectivity index (χ3n) is 2.88. The van der Waals surface area contributed by atoms with Crippen molar-refractivity contribution in [3.63, 3.8) is 0 Å². The number of amides is 2. The number of hydrogen-bond acceptors (Lipinski definition) is 3. The number of carbonyl (C=O) groups excluding carboxylic acids is 2. The minimum atomic E-state index is -1.05. The van der Waals surface area contributed by atoms with Crippen LogP contribution in [0.3, 0.4) is 0 Å². The van der Waals surface area contributed by atoms with Crippen molar-refractivity contribution < 1.29 is 19.5 Å². The Bertz CT molecular complexity index is 361. The number of nitrogens with one attached hydrogen (secondary N) is 2. The van der Waals surface area contributed by atoms with Gasteiger partial charge in [-0.2, -0.15) is 0 Å². The van der Waals surface area contributed by atoms with E-state index in [0.717, 1.165) is 12.8 Å². The lowest BCUT2D eigenvalue weighted by molar-refractivity contribution is -0.142. The summed E-state index contributed by atoms with van der Waals surface area (Å²) in [7, 11) is 0. The predicted octanol–water partition coefficient (Wildman–Crippen LogP) is 1.30. The molecule has 0 aliphatic carbocycles. The lowest BCUT2D eigenvalue weighted by atomic mass is 9.95. The number of carbonyl (C=O) groups is 3. The Morgan fingerprint density at radius 2 is 1.70 bits per heavy atom. The number of carboxylic acid groups (broad SMARTS) is 1. The summed E-state index contributed by atoms with van der Waals surface area (Å²) in [4.78, 5) is 34.7. The SMILES string of the molecule is CCCC[C@H](NC(=O)[C@@H](C)NC(=O)C(C)(C)C)C(=O)O. The normalized spacial score (nSPS) is 14.2. The molecule has 6 heteroatoms. The summed E-state index contributed by atoms with van der Waals surface area (Å²) >= 11 is 0. The second kappa shape index (κ2) is 7.87.